The molecule has 1 aromatic rings. The molecule has 10 heavy (non-hydrogen) atoms. The van der Waals surface area contributed by atoms with Crippen LogP contribution in [0.25, 0.3) is 0 Å². The van der Waals surface area contributed by atoms with Gasteiger partial charge in [0.05, 0.1) is 0 Å². The lowest BCUT2D eigenvalue weighted by atomic mass is 10.2. The van der Waals surface area contributed by atoms with Crippen molar-refractivity contribution in [3.8, 4) is 0 Å². The zero-order valence-corrected chi connectivity index (χ0v) is 7.27. The maximum absolute atomic E-state index is 13.0. The van der Waals surface area contributed by atoms with Gasteiger partial charge in [0, 0.05) is 0 Å². The first-order valence-electron chi connectivity index (χ1n) is 2.80. The molecule has 2 nitrogen and oxygen atoms in total. The highest BCUT2D eigenvalue weighted by Crippen LogP contribution is 2.24. The molecule has 0 spiro atoms. The summed E-state index contributed by atoms with van der Waals surface area (Å²) in [4.78, 5) is 3.76. The summed E-state index contributed by atoms with van der Waals surface area (Å²) in [5, 5.41) is 0. The highest BCUT2D eigenvalue weighted by molar-refractivity contribution is 9.10. The summed E-state index contributed by atoms with van der Waals surface area (Å²) in [6, 6.07) is 0. The van der Waals surface area contributed by atoms with Crippen LogP contribution < -0.4 is 0 Å². The second-order valence-electron chi connectivity index (χ2n) is 2.45. The molecule has 4 heteroatoms. The van der Waals surface area contributed by atoms with E-state index in [2.05, 4.69) is 20.9 Å². The zero-order valence-electron chi connectivity index (χ0n) is 5.69. The summed E-state index contributed by atoms with van der Waals surface area (Å²) >= 11 is 3.05. The Balaban J connectivity index is 2.96. The van der Waals surface area contributed by atoms with Gasteiger partial charge in [0.2, 0.25) is 5.89 Å². The minimum atomic E-state index is -1.49. The Morgan fingerprint density at radius 3 is 2.50 bits per heavy atom. The summed E-state index contributed by atoms with van der Waals surface area (Å²) in [5.74, 6) is 0.0966. The third-order valence-electron chi connectivity index (χ3n) is 0.985. The molecular formula is C6H7BrFNO. The van der Waals surface area contributed by atoms with Crippen molar-refractivity contribution < 1.29 is 8.81 Å². The molecule has 0 saturated heterocycles. The summed E-state index contributed by atoms with van der Waals surface area (Å²) in [6.45, 7) is 2.79. The van der Waals surface area contributed by atoms with Gasteiger partial charge in [-0.15, -0.1) is 0 Å². The van der Waals surface area contributed by atoms with E-state index in [1.807, 2.05) is 0 Å². The normalized spacial score (nSPS) is 12.0. The summed E-state index contributed by atoms with van der Waals surface area (Å²) in [5.41, 5.74) is -1.49. The van der Waals surface area contributed by atoms with Gasteiger partial charge in [-0.05, 0) is 29.8 Å². The van der Waals surface area contributed by atoms with Crippen molar-refractivity contribution in [3.05, 3.63) is 16.8 Å². The molecule has 0 aliphatic rings. The van der Waals surface area contributed by atoms with E-state index in [0.717, 1.165) is 0 Å². The second kappa shape index (κ2) is 2.34. The lowest BCUT2D eigenvalue weighted by Gasteiger charge is -2.06. The van der Waals surface area contributed by atoms with E-state index in [-0.39, 0.29) is 5.89 Å². The van der Waals surface area contributed by atoms with E-state index in [9.17, 15) is 4.39 Å². The molecule has 0 aromatic carbocycles. The Hall–Kier alpha value is -0.380. The van der Waals surface area contributed by atoms with Crippen molar-refractivity contribution in [2.24, 2.45) is 0 Å². The third kappa shape index (κ3) is 1.56. The first-order valence-corrected chi connectivity index (χ1v) is 3.60. The first kappa shape index (κ1) is 7.72. The molecule has 0 radical (unpaired) electrons. The van der Waals surface area contributed by atoms with Crippen molar-refractivity contribution in [1.82, 2.24) is 4.98 Å². The van der Waals surface area contributed by atoms with Gasteiger partial charge in [0.1, 0.15) is 10.9 Å². The van der Waals surface area contributed by atoms with E-state index in [4.69, 9.17) is 4.42 Å². The fourth-order valence-electron chi connectivity index (χ4n) is 0.527. The number of hydrogen-bond donors (Lipinski definition) is 0. The van der Waals surface area contributed by atoms with Crippen LogP contribution in [0.4, 0.5) is 4.39 Å². The Morgan fingerprint density at radius 1 is 1.70 bits per heavy atom. The second-order valence-corrected chi connectivity index (χ2v) is 3.26. The lowest BCUT2D eigenvalue weighted by Crippen LogP contribution is -2.08. The highest BCUT2D eigenvalue weighted by Gasteiger charge is 2.24. The van der Waals surface area contributed by atoms with Gasteiger partial charge < -0.3 is 4.42 Å². The maximum atomic E-state index is 13.0. The first-order chi connectivity index (χ1) is 4.50. The summed E-state index contributed by atoms with van der Waals surface area (Å²) < 4.78 is 18.3. The standard InChI is InChI=1S/C6H7BrFNO/c1-6(2,8)5-9-4(7)3-10-5/h3H,1-2H3. The van der Waals surface area contributed by atoms with E-state index in [1.165, 1.54) is 20.1 Å². The molecule has 1 heterocycles. The van der Waals surface area contributed by atoms with Gasteiger partial charge in [0.15, 0.2) is 5.67 Å². The number of rotatable bonds is 1. The maximum Gasteiger partial charge on any atom is 0.232 e. The predicted octanol–water partition coefficient (Wildman–Crippen LogP) is 2.64. The van der Waals surface area contributed by atoms with Crippen molar-refractivity contribution in [2.45, 2.75) is 19.5 Å². The Morgan fingerprint density at radius 2 is 2.30 bits per heavy atom. The SMILES string of the molecule is CC(C)(F)c1nc(Br)co1. The van der Waals surface area contributed by atoms with Crippen LogP contribution in [0.5, 0.6) is 0 Å². The van der Waals surface area contributed by atoms with Crippen LogP contribution in [0, 0.1) is 0 Å². The molecule has 0 aliphatic carbocycles. The molecule has 1 aromatic heterocycles. The van der Waals surface area contributed by atoms with Gasteiger partial charge in [0.25, 0.3) is 0 Å². The monoisotopic (exact) mass is 207 g/mol. The molecule has 0 unspecified atom stereocenters. The third-order valence-corrected chi connectivity index (χ3v) is 1.35. The van der Waals surface area contributed by atoms with Gasteiger partial charge in [-0.3, -0.25) is 0 Å². The van der Waals surface area contributed by atoms with Crippen LogP contribution in [0.1, 0.15) is 19.7 Å². The van der Waals surface area contributed by atoms with Gasteiger partial charge >= 0.3 is 0 Å². The van der Waals surface area contributed by atoms with Crippen molar-refractivity contribution in [1.29, 1.82) is 0 Å². The van der Waals surface area contributed by atoms with Crippen LogP contribution in [-0.2, 0) is 5.67 Å². The van der Waals surface area contributed by atoms with Crippen molar-refractivity contribution >= 4 is 15.9 Å². The molecular weight excluding hydrogens is 201 g/mol. The van der Waals surface area contributed by atoms with Gasteiger partial charge in [-0.25, -0.2) is 9.37 Å². The number of oxazole rings is 1. The fraction of sp³-hybridized carbons (Fsp3) is 0.500. The number of hydrogen-bond acceptors (Lipinski definition) is 2. The topological polar surface area (TPSA) is 26.0 Å². The average Bonchev–Trinajstić information content (AvgIpc) is 2.11. The van der Waals surface area contributed by atoms with Gasteiger partial charge in [-0.2, -0.15) is 0 Å². The fourth-order valence-corrected chi connectivity index (χ4v) is 0.782. The predicted molar refractivity (Wildman–Crippen MR) is 38.3 cm³/mol. The lowest BCUT2D eigenvalue weighted by molar-refractivity contribution is 0.170. The zero-order chi connectivity index (χ0) is 7.78. The number of halogens is 2. The summed E-state index contributed by atoms with van der Waals surface area (Å²) in [6.07, 6.45) is 1.36. The molecule has 1 rings (SSSR count). The Labute approximate surface area is 66.6 Å². The summed E-state index contributed by atoms with van der Waals surface area (Å²) in [7, 11) is 0. The van der Waals surface area contributed by atoms with E-state index in [0.29, 0.717) is 4.60 Å². The van der Waals surface area contributed by atoms with Crippen molar-refractivity contribution in [2.75, 3.05) is 0 Å². The minimum Gasteiger partial charge on any atom is -0.444 e. The number of alkyl halides is 1. The molecule has 56 valence electrons. The van der Waals surface area contributed by atoms with Crippen molar-refractivity contribution in [3.63, 3.8) is 0 Å². The number of nitrogens with zero attached hydrogens (tertiary/aromatic N) is 1. The van der Waals surface area contributed by atoms with Gasteiger partial charge in [-0.1, -0.05) is 0 Å². The molecule has 0 N–H and O–H groups in total. The van der Waals surface area contributed by atoms with Crippen LogP contribution >= 0.6 is 15.9 Å². The highest BCUT2D eigenvalue weighted by atomic mass is 79.9. The van der Waals surface area contributed by atoms with E-state index >= 15 is 0 Å². The van der Waals surface area contributed by atoms with E-state index in [1.54, 1.807) is 0 Å². The molecule has 0 fully saturated rings. The van der Waals surface area contributed by atoms with Crippen LogP contribution in [0.2, 0.25) is 0 Å². The molecule has 0 amide bonds. The average molecular weight is 208 g/mol. The Kier molecular flexibility index (Phi) is 1.81. The quantitative estimate of drug-likeness (QED) is 0.708. The minimum absolute atomic E-state index is 0.0966. The van der Waals surface area contributed by atoms with Crippen LogP contribution in [-0.4, -0.2) is 4.98 Å². The largest absolute Gasteiger partial charge is 0.444 e. The smallest absolute Gasteiger partial charge is 0.232 e. The number of aromatic nitrogens is 1. The molecule has 0 saturated carbocycles. The van der Waals surface area contributed by atoms with Crippen LogP contribution in [0.15, 0.2) is 15.3 Å². The van der Waals surface area contributed by atoms with E-state index < -0.39 is 5.67 Å². The van der Waals surface area contributed by atoms with Crippen LogP contribution in [0.3, 0.4) is 0 Å². The Bertz CT molecular complexity index is 228. The molecule has 0 bridgehead atoms. The molecule has 0 aliphatic heterocycles. The molecule has 0 atom stereocenters.